The van der Waals surface area contributed by atoms with E-state index in [-0.39, 0.29) is 24.4 Å². The number of hydrogen-bond donors (Lipinski definition) is 6. The molecule has 1 aromatic carbocycles. The van der Waals surface area contributed by atoms with Crippen LogP contribution in [-0.2, 0) is 13.9 Å². The average Bonchev–Trinajstić information content (AvgIpc) is 2.46. The molecule has 0 bridgehead atoms. The van der Waals surface area contributed by atoms with E-state index in [1.165, 1.54) is 29.2 Å². The molecular weight excluding hydrogens is 388 g/mol. The first kappa shape index (κ1) is 22.3. The second kappa shape index (κ2) is 9.25. The number of nitrogens with zero attached hydrogens (tertiary/aromatic N) is 1. The number of rotatable bonds is 9. The number of benzene rings is 1. The Morgan fingerprint density at radius 3 is 1.73 bits per heavy atom. The fraction of sp³-hybridized carbons (Fsp3) is 0.214. The molecule has 0 fully saturated rings. The van der Waals surface area contributed by atoms with Gasteiger partial charge < -0.3 is 29.8 Å². The normalized spacial score (nSPS) is 14.3. The standard InChI is InChI=1S/C14H19NO9P2/c16-12-5-3-11(4-6-12)13(14(17)18)15(7-1-9-25(19,20)21)8-2-10-26(22,23)24/h1-6,9-10,13,16H,7-8H2,(H,17,18)(H2,19,20,21)(H2,22,23,24). The van der Waals surface area contributed by atoms with Crippen molar-refractivity contribution in [2.24, 2.45) is 0 Å². The molecule has 0 spiro atoms. The number of aromatic hydroxyl groups is 1. The highest BCUT2D eigenvalue weighted by Crippen LogP contribution is 2.37. The third-order valence-corrected chi connectivity index (χ3v) is 4.29. The van der Waals surface area contributed by atoms with Crippen molar-refractivity contribution in [2.75, 3.05) is 13.1 Å². The van der Waals surface area contributed by atoms with Crippen LogP contribution in [-0.4, -0.2) is 53.7 Å². The lowest BCUT2D eigenvalue weighted by molar-refractivity contribution is -0.143. The molecule has 0 saturated heterocycles. The van der Waals surface area contributed by atoms with E-state index in [1.54, 1.807) is 0 Å². The lowest BCUT2D eigenvalue weighted by atomic mass is 10.0. The van der Waals surface area contributed by atoms with Crippen molar-refractivity contribution in [3.8, 4) is 5.75 Å². The SMILES string of the molecule is O=C(O)C(c1ccc(O)cc1)N(CC=CP(=O)(O)O)CC=CP(=O)(O)O. The summed E-state index contributed by atoms with van der Waals surface area (Å²) in [6.45, 7) is -0.428. The van der Waals surface area contributed by atoms with Crippen molar-refractivity contribution < 1.29 is 43.7 Å². The highest BCUT2D eigenvalue weighted by atomic mass is 31.2. The maximum absolute atomic E-state index is 11.7. The van der Waals surface area contributed by atoms with E-state index >= 15 is 0 Å². The van der Waals surface area contributed by atoms with Gasteiger partial charge in [-0.25, -0.2) is 0 Å². The summed E-state index contributed by atoms with van der Waals surface area (Å²) in [4.78, 5) is 48.3. The molecule has 26 heavy (non-hydrogen) atoms. The molecule has 0 radical (unpaired) electrons. The Kier molecular flexibility index (Phi) is 7.92. The number of carboxylic acid groups (broad SMARTS) is 1. The van der Waals surface area contributed by atoms with Crippen LogP contribution in [0.2, 0.25) is 0 Å². The van der Waals surface area contributed by atoms with Crippen LogP contribution in [0.1, 0.15) is 11.6 Å². The van der Waals surface area contributed by atoms with Crippen molar-refractivity contribution in [1.82, 2.24) is 4.90 Å². The molecular formula is C14H19NO9P2. The van der Waals surface area contributed by atoms with Crippen molar-refractivity contribution >= 4 is 21.2 Å². The molecule has 0 aliphatic carbocycles. The first-order valence-electron chi connectivity index (χ1n) is 7.11. The van der Waals surface area contributed by atoms with E-state index in [0.29, 0.717) is 11.6 Å². The Bertz CT molecular complexity index is 729. The van der Waals surface area contributed by atoms with Gasteiger partial charge in [-0.05, 0) is 17.7 Å². The van der Waals surface area contributed by atoms with Crippen LogP contribution in [0, 0.1) is 0 Å². The number of carboxylic acids is 1. The Labute approximate surface area is 149 Å². The molecule has 144 valence electrons. The summed E-state index contributed by atoms with van der Waals surface area (Å²) in [6.07, 6.45) is 2.14. The molecule has 6 N–H and O–H groups in total. The van der Waals surface area contributed by atoms with Crippen molar-refractivity contribution in [3.05, 3.63) is 53.6 Å². The van der Waals surface area contributed by atoms with E-state index in [1.807, 2.05) is 0 Å². The second-order valence-electron chi connectivity index (χ2n) is 5.23. The largest absolute Gasteiger partial charge is 0.508 e. The van der Waals surface area contributed by atoms with Gasteiger partial charge in [0.25, 0.3) is 0 Å². The van der Waals surface area contributed by atoms with Crippen LogP contribution in [0.4, 0.5) is 0 Å². The Morgan fingerprint density at radius 1 is 0.962 bits per heavy atom. The number of phenolic OH excluding ortho intramolecular Hbond substituents is 1. The molecule has 1 rings (SSSR count). The molecule has 12 heteroatoms. The Hall–Kier alpha value is -1.77. The molecule has 0 aliphatic rings. The highest BCUT2D eigenvalue weighted by molar-refractivity contribution is 7.55. The van der Waals surface area contributed by atoms with Gasteiger partial charge >= 0.3 is 21.2 Å². The molecule has 0 aromatic heterocycles. The molecule has 0 amide bonds. The van der Waals surface area contributed by atoms with Crippen LogP contribution in [0.15, 0.2) is 48.1 Å². The summed E-state index contributed by atoms with van der Waals surface area (Å²) in [5, 5.41) is 18.8. The summed E-state index contributed by atoms with van der Waals surface area (Å²) in [6, 6.07) is 4.00. The predicted octanol–water partition coefficient (Wildman–Crippen LogP) is 1.20. The minimum atomic E-state index is -4.44. The zero-order valence-corrected chi connectivity index (χ0v) is 15.1. The van der Waals surface area contributed by atoms with E-state index in [0.717, 1.165) is 12.2 Å². The minimum Gasteiger partial charge on any atom is -0.508 e. The van der Waals surface area contributed by atoms with Crippen LogP contribution in [0.5, 0.6) is 5.75 Å². The molecule has 1 atom stereocenters. The molecule has 0 heterocycles. The number of hydrogen-bond acceptors (Lipinski definition) is 5. The molecule has 0 aliphatic heterocycles. The Balaban J connectivity index is 3.15. The van der Waals surface area contributed by atoms with Gasteiger partial charge in [-0.3, -0.25) is 18.8 Å². The second-order valence-corrected chi connectivity index (χ2v) is 8.19. The van der Waals surface area contributed by atoms with E-state index in [4.69, 9.17) is 19.6 Å². The average molecular weight is 407 g/mol. The van der Waals surface area contributed by atoms with Crippen LogP contribution in [0.3, 0.4) is 0 Å². The van der Waals surface area contributed by atoms with E-state index in [9.17, 15) is 24.1 Å². The molecule has 1 unspecified atom stereocenters. The third-order valence-electron chi connectivity index (χ3n) is 3.09. The molecule has 1 aromatic rings. The quantitative estimate of drug-likeness (QED) is 0.326. The van der Waals surface area contributed by atoms with Gasteiger partial charge in [0.1, 0.15) is 11.8 Å². The molecule has 10 nitrogen and oxygen atoms in total. The lowest BCUT2D eigenvalue weighted by Gasteiger charge is -2.27. The number of aliphatic carboxylic acids is 1. The summed E-state index contributed by atoms with van der Waals surface area (Å²) >= 11 is 0. The minimum absolute atomic E-state index is 0.0766. The number of phenols is 1. The summed E-state index contributed by atoms with van der Waals surface area (Å²) in [7, 11) is -8.87. The van der Waals surface area contributed by atoms with Crippen LogP contribution < -0.4 is 0 Å². The van der Waals surface area contributed by atoms with E-state index < -0.39 is 27.2 Å². The van der Waals surface area contributed by atoms with Crippen molar-refractivity contribution in [2.45, 2.75) is 6.04 Å². The van der Waals surface area contributed by atoms with Crippen molar-refractivity contribution in [1.29, 1.82) is 0 Å². The van der Waals surface area contributed by atoms with E-state index in [2.05, 4.69) is 0 Å². The lowest BCUT2D eigenvalue weighted by Crippen LogP contribution is -2.34. The van der Waals surface area contributed by atoms with Crippen molar-refractivity contribution in [3.63, 3.8) is 0 Å². The summed E-state index contributed by atoms with van der Waals surface area (Å²) in [5.74, 6) is -0.137. The zero-order chi connectivity index (χ0) is 20.0. The van der Waals surface area contributed by atoms with Crippen LogP contribution in [0.25, 0.3) is 0 Å². The van der Waals surface area contributed by atoms with Gasteiger partial charge in [0.05, 0.1) is 0 Å². The van der Waals surface area contributed by atoms with Gasteiger partial charge in [0.2, 0.25) is 0 Å². The van der Waals surface area contributed by atoms with Gasteiger partial charge in [-0.2, -0.15) is 0 Å². The van der Waals surface area contributed by atoms with Gasteiger partial charge in [-0.1, -0.05) is 24.3 Å². The fourth-order valence-electron chi connectivity index (χ4n) is 2.09. The zero-order valence-electron chi connectivity index (χ0n) is 13.4. The maximum Gasteiger partial charge on any atom is 0.348 e. The van der Waals surface area contributed by atoms with Gasteiger partial charge in [-0.15, -0.1) is 0 Å². The van der Waals surface area contributed by atoms with Crippen LogP contribution >= 0.6 is 15.2 Å². The van der Waals surface area contributed by atoms with Gasteiger partial charge in [0.15, 0.2) is 0 Å². The highest BCUT2D eigenvalue weighted by Gasteiger charge is 2.26. The van der Waals surface area contributed by atoms with Gasteiger partial charge in [0, 0.05) is 24.7 Å². The predicted molar refractivity (Wildman–Crippen MR) is 92.4 cm³/mol. The molecule has 0 saturated carbocycles. The fourth-order valence-corrected chi connectivity index (χ4v) is 2.83. The Morgan fingerprint density at radius 2 is 1.38 bits per heavy atom. The smallest absolute Gasteiger partial charge is 0.348 e. The first-order valence-corrected chi connectivity index (χ1v) is 10.5. The summed E-state index contributed by atoms with van der Waals surface area (Å²) in [5.41, 5.74) is 0.268. The first-order chi connectivity index (χ1) is 11.9. The topological polar surface area (TPSA) is 176 Å². The number of carbonyl (C=O) groups is 1. The maximum atomic E-state index is 11.7. The monoisotopic (exact) mass is 407 g/mol. The third kappa shape index (κ3) is 8.55. The summed E-state index contributed by atoms with van der Waals surface area (Å²) < 4.78 is 21.8.